The van der Waals surface area contributed by atoms with E-state index in [1.807, 2.05) is 4.90 Å². The van der Waals surface area contributed by atoms with Gasteiger partial charge in [0.25, 0.3) is 0 Å². The van der Waals surface area contributed by atoms with Crippen molar-refractivity contribution < 1.29 is 4.79 Å². The van der Waals surface area contributed by atoms with Gasteiger partial charge in [-0.3, -0.25) is 9.78 Å². The Balaban J connectivity index is 0.00000144. The molecule has 6 heteroatoms. The molecule has 0 aromatic carbocycles. The molecule has 94 valence electrons. The summed E-state index contributed by atoms with van der Waals surface area (Å²) in [5.74, 6) is 0.603. The van der Waals surface area contributed by atoms with Crippen LogP contribution in [-0.2, 0) is 11.2 Å². The van der Waals surface area contributed by atoms with Gasteiger partial charge in [0.05, 0.1) is 5.69 Å². The highest BCUT2D eigenvalue weighted by molar-refractivity contribution is 6.29. The highest BCUT2D eigenvalue weighted by atomic mass is 35.5. The molecule has 17 heavy (non-hydrogen) atoms. The van der Waals surface area contributed by atoms with Crippen LogP contribution in [0.4, 0.5) is 0 Å². The first-order valence-electron chi connectivity index (χ1n) is 5.37. The molecule has 1 unspecified atom stereocenters. The lowest BCUT2D eigenvalue weighted by Gasteiger charge is -2.13. The van der Waals surface area contributed by atoms with Gasteiger partial charge in [-0.15, -0.1) is 12.4 Å². The van der Waals surface area contributed by atoms with E-state index in [1.54, 1.807) is 19.3 Å². The van der Waals surface area contributed by atoms with Gasteiger partial charge in [0.1, 0.15) is 5.15 Å². The Morgan fingerprint density at radius 2 is 2.24 bits per heavy atom. The van der Waals surface area contributed by atoms with E-state index in [4.69, 9.17) is 11.6 Å². The second-order valence-electron chi connectivity index (χ2n) is 4.12. The zero-order chi connectivity index (χ0) is 11.5. The van der Waals surface area contributed by atoms with Crippen molar-refractivity contribution in [3.63, 3.8) is 0 Å². The van der Waals surface area contributed by atoms with E-state index in [0.29, 0.717) is 11.1 Å². The van der Waals surface area contributed by atoms with Crippen molar-refractivity contribution in [1.29, 1.82) is 0 Å². The lowest BCUT2D eigenvalue weighted by atomic mass is 10.0. The molecule has 0 saturated carbocycles. The van der Waals surface area contributed by atoms with Crippen molar-refractivity contribution in [2.75, 3.05) is 13.1 Å². The molecular formula is C11H15Cl2N3O. The number of aromatic nitrogens is 2. The predicted octanol–water partition coefficient (Wildman–Crippen LogP) is 1.96. The SMILES string of the molecule is CC(=O)N1CCC(Cc2nccnc2Cl)C1.Cl. The highest BCUT2D eigenvalue weighted by Crippen LogP contribution is 2.22. The molecule has 1 fully saturated rings. The minimum Gasteiger partial charge on any atom is -0.343 e. The number of hydrogen-bond donors (Lipinski definition) is 0. The summed E-state index contributed by atoms with van der Waals surface area (Å²) in [6, 6.07) is 0. The lowest BCUT2D eigenvalue weighted by molar-refractivity contribution is -0.127. The van der Waals surface area contributed by atoms with Gasteiger partial charge in [0.15, 0.2) is 0 Å². The van der Waals surface area contributed by atoms with Gasteiger partial charge in [-0.25, -0.2) is 4.98 Å². The molecular weight excluding hydrogens is 261 g/mol. The van der Waals surface area contributed by atoms with Crippen molar-refractivity contribution in [2.45, 2.75) is 19.8 Å². The van der Waals surface area contributed by atoms with Gasteiger partial charge in [0.2, 0.25) is 5.91 Å². The van der Waals surface area contributed by atoms with Crippen LogP contribution >= 0.6 is 24.0 Å². The number of hydrogen-bond acceptors (Lipinski definition) is 3. The Bertz CT molecular complexity index is 400. The molecule has 2 heterocycles. The normalized spacial score (nSPS) is 18.9. The van der Waals surface area contributed by atoms with Crippen molar-refractivity contribution in [1.82, 2.24) is 14.9 Å². The van der Waals surface area contributed by atoms with Crippen molar-refractivity contribution in [2.24, 2.45) is 5.92 Å². The van der Waals surface area contributed by atoms with Gasteiger partial charge < -0.3 is 4.90 Å². The predicted molar refractivity (Wildman–Crippen MR) is 68.4 cm³/mol. The summed E-state index contributed by atoms with van der Waals surface area (Å²) in [6.07, 6.45) is 5.06. The third-order valence-electron chi connectivity index (χ3n) is 2.94. The first kappa shape index (κ1) is 14.2. The van der Waals surface area contributed by atoms with Crippen LogP contribution in [-0.4, -0.2) is 33.9 Å². The second-order valence-corrected chi connectivity index (χ2v) is 4.48. The fourth-order valence-corrected chi connectivity index (χ4v) is 2.23. The fourth-order valence-electron chi connectivity index (χ4n) is 2.05. The van der Waals surface area contributed by atoms with Crippen molar-refractivity contribution in [3.05, 3.63) is 23.2 Å². The topological polar surface area (TPSA) is 46.1 Å². The van der Waals surface area contributed by atoms with Crippen molar-refractivity contribution in [3.8, 4) is 0 Å². The standard InChI is InChI=1S/C11H14ClN3O.ClH/c1-8(16)15-5-2-9(7-15)6-10-11(12)14-4-3-13-10;/h3-4,9H,2,5-7H2,1H3;1H. The number of halogens is 2. The Kier molecular flexibility index (Phi) is 5.15. The summed E-state index contributed by atoms with van der Waals surface area (Å²) >= 11 is 5.95. The maximum atomic E-state index is 11.2. The average molecular weight is 276 g/mol. The Labute approximate surface area is 112 Å². The molecule has 0 aliphatic carbocycles. The molecule has 1 aromatic rings. The summed E-state index contributed by atoms with van der Waals surface area (Å²) in [5, 5.41) is 0.476. The van der Waals surface area contributed by atoms with E-state index in [1.165, 1.54) is 0 Å². The highest BCUT2D eigenvalue weighted by Gasteiger charge is 2.25. The summed E-state index contributed by atoms with van der Waals surface area (Å²) in [4.78, 5) is 21.3. The second kappa shape index (κ2) is 6.17. The Hall–Kier alpha value is -0.870. The Morgan fingerprint density at radius 3 is 2.82 bits per heavy atom. The van der Waals surface area contributed by atoms with E-state index in [-0.39, 0.29) is 18.3 Å². The molecule has 1 aliphatic rings. The molecule has 0 bridgehead atoms. The van der Waals surface area contributed by atoms with Crippen LogP contribution in [0.15, 0.2) is 12.4 Å². The summed E-state index contributed by atoms with van der Waals surface area (Å²) in [5.41, 5.74) is 0.833. The maximum absolute atomic E-state index is 11.2. The van der Waals surface area contributed by atoms with Crippen LogP contribution in [0, 0.1) is 5.92 Å². The monoisotopic (exact) mass is 275 g/mol. The molecule has 1 aliphatic heterocycles. The van der Waals surface area contributed by atoms with Gasteiger partial charge in [-0.05, 0) is 18.8 Å². The fraction of sp³-hybridized carbons (Fsp3) is 0.545. The van der Waals surface area contributed by atoms with Gasteiger partial charge in [-0.1, -0.05) is 11.6 Å². The zero-order valence-electron chi connectivity index (χ0n) is 9.60. The largest absolute Gasteiger partial charge is 0.343 e. The van der Waals surface area contributed by atoms with Crippen LogP contribution in [0.5, 0.6) is 0 Å². The Morgan fingerprint density at radius 1 is 1.53 bits per heavy atom. The summed E-state index contributed by atoms with van der Waals surface area (Å²) in [6.45, 7) is 3.26. The number of carbonyl (C=O) groups excluding carboxylic acids is 1. The smallest absolute Gasteiger partial charge is 0.219 e. The molecule has 0 spiro atoms. The van der Waals surface area contributed by atoms with E-state index >= 15 is 0 Å². The minimum absolute atomic E-state index is 0. The quantitative estimate of drug-likeness (QED) is 0.829. The van der Waals surface area contributed by atoms with Crippen LogP contribution in [0.1, 0.15) is 19.0 Å². The first-order chi connectivity index (χ1) is 7.66. The van der Waals surface area contributed by atoms with Gasteiger partial charge in [0, 0.05) is 32.4 Å². The van der Waals surface area contributed by atoms with Gasteiger partial charge in [-0.2, -0.15) is 0 Å². The molecule has 2 rings (SSSR count). The number of nitrogens with zero attached hydrogens (tertiary/aromatic N) is 3. The molecule has 1 saturated heterocycles. The van der Waals surface area contributed by atoms with Crippen LogP contribution in [0.25, 0.3) is 0 Å². The van der Waals surface area contributed by atoms with Crippen molar-refractivity contribution >= 4 is 29.9 Å². The van der Waals surface area contributed by atoms with E-state index in [0.717, 1.165) is 31.6 Å². The molecule has 4 nitrogen and oxygen atoms in total. The summed E-state index contributed by atoms with van der Waals surface area (Å²) in [7, 11) is 0. The van der Waals surface area contributed by atoms with E-state index < -0.39 is 0 Å². The molecule has 1 atom stereocenters. The molecule has 1 amide bonds. The number of rotatable bonds is 2. The van der Waals surface area contributed by atoms with E-state index in [2.05, 4.69) is 9.97 Å². The maximum Gasteiger partial charge on any atom is 0.219 e. The van der Waals surface area contributed by atoms with Crippen LogP contribution in [0.2, 0.25) is 5.15 Å². The number of amides is 1. The first-order valence-corrected chi connectivity index (χ1v) is 5.75. The number of carbonyl (C=O) groups is 1. The molecule has 0 N–H and O–H groups in total. The average Bonchev–Trinajstić information content (AvgIpc) is 2.70. The van der Waals surface area contributed by atoms with Gasteiger partial charge >= 0.3 is 0 Å². The van der Waals surface area contributed by atoms with E-state index in [9.17, 15) is 4.79 Å². The molecule has 0 radical (unpaired) electrons. The minimum atomic E-state index is 0. The zero-order valence-corrected chi connectivity index (χ0v) is 11.2. The third-order valence-corrected chi connectivity index (χ3v) is 3.25. The third kappa shape index (κ3) is 3.54. The molecule has 1 aromatic heterocycles. The number of likely N-dealkylation sites (tertiary alicyclic amines) is 1. The van der Waals surface area contributed by atoms with Crippen LogP contribution < -0.4 is 0 Å². The lowest BCUT2D eigenvalue weighted by Crippen LogP contribution is -2.26. The summed E-state index contributed by atoms with van der Waals surface area (Å²) < 4.78 is 0. The van der Waals surface area contributed by atoms with Crippen LogP contribution in [0.3, 0.4) is 0 Å².